The van der Waals surface area contributed by atoms with Crippen LogP contribution in [0.5, 0.6) is 0 Å². The van der Waals surface area contributed by atoms with Gasteiger partial charge >= 0.3 is 6.18 Å². The van der Waals surface area contributed by atoms with Crippen molar-refractivity contribution in [3.63, 3.8) is 0 Å². The average molecular weight is 309 g/mol. The van der Waals surface area contributed by atoms with Gasteiger partial charge in [-0.05, 0) is 40.5 Å². The van der Waals surface area contributed by atoms with Gasteiger partial charge in [0, 0.05) is 10.9 Å². The molecular formula is C11H12BrF3N2. The van der Waals surface area contributed by atoms with Gasteiger partial charge in [0.05, 0.1) is 17.1 Å². The van der Waals surface area contributed by atoms with Crippen molar-refractivity contribution in [3.05, 3.63) is 28.2 Å². The van der Waals surface area contributed by atoms with Gasteiger partial charge in [-0.2, -0.15) is 13.2 Å². The molecule has 0 saturated carbocycles. The zero-order valence-electron chi connectivity index (χ0n) is 9.18. The number of rotatable bonds is 3. The van der Waals surface area contributed by atoms with Crippen molar-refractivity contribution in [1.82, 2.24) is 0 Å². The molecule has 17 heavy (non-hydrogen) atoms. The topological polar surface area (TPSA) is 38.4 Å². The number of hydrogen-bond donors (Lipinski definition) is 1. The first-order valence-electron chi connectivity index (χ1n) is 5.04. The van der Waals surface area contributed by atoms with Gasteiger partial charge in [0.25, 0.3) is 0 Å². The Morgan fingerprint density at radius 1 is 1.41 bits per heavy atom. The predicted octanol–water partition coefficient (Wildman–Crippen LogP) is 4.26. The van der Waals surface area contributed by atoms with Crippen LogP contribution in [0.25, 0.3) is 0 Å². The van der Waals surface area contributed by atoms with Crippen LogP contribution in [0, 0.1) is 0 Å². The molecule has 94 valence electrons. The molecule has 0 saturated heterocycles. The minimum absolute atomic E-state index is 0.200. The van der Waals surface area contributed by atoms with E-state index in [1.807, 2.05) is 6.92 Å². The standard InChI is InChI=1S/C11H12BrF3N2/c1-2-3-10(16)17-9-6-7(11(13,14)15)4-5-8(9)12/h4-6H,2-3H2,1H3,(H2,16,17). The third-order valence-corrected chi connectivity index (χ3v) is 2.71. The zero-order chi connectivity index (χ0) is 13.1. The Morgan fingerprint density at radius 2 is 2.06 bits per heavy atom. The molecule has 0 unspecified atom stereocenters. The third kappa shape index (κ3) is 4.03. The van der Waals surface area contributed by atoms with Crippen LogP contribution in [-0.2, 0) is 6.18 Å². The fourth-order valence-electron chi connectivity index (χ4n) is 1.24. The Morgan fingerprint density at radius 3 is 2.59 bits per heavy atom. The number of aliphatic imine (C=N–C) groups is 1. The minimum atomic E-state index is -4.37. The van der Waals surface area contributed by atoms with Crippen LogP contribution in [0.15, 0.2) is 27.7 Å². The first-order valence-corrected chi connectivity index (χ1v) is 5.83. The van der Waals surface area contributed by atoms with Gasteiger partial charge in [-0.25, -0.2) is 4.99 Å². The highest BCUT2D eigenvalue weighted by atomic mass is 79.9. The summed E-state index contributed by atoms with van der Waals surface area (Å²) in [6, 6.07) is 3.30. The molecule has 0 spiro atoms. The second kappa shape index (κ2) is 5.53. The molecule has 6 heteroatoms. The summed E-state index contributed by atoms with van der Waals surface area (Å²) >= 11 is 3.15. The molecule has 0 bridgehead atoms. The van der Waals surface area contributed by atoms with Crippen LogP contribution < -0.4 is 5.73 Å². The SMILES string of the molecule is CCCC(N)=Nc1cc(C(F)(F)F)ccc1Br. The Hall–Kier alpha value is -1.04. The summed E-state index contributed by atoms with van der Waals surface area (Å²) in [5.74, 6) is 0.326. The highest BCUT2D eigenvalue weighted by Gasteiger charge is 2.30. The highest BCUT2D eigenvalue weighted by Crippen LogP contribution is 2.35. The maximum absolute atomic E-state index is 12.5. The first-order chi connectivity index (χ1) is 7.84. The van der Waals surface area contributed by atoms with Crippen LogP contribution in [0.1, 0.15) is 25.3 Å². The fraction of sp³-hybridized carbons (Fsp3) is 0.364. The van der Waals surface area contributed by atoms with E-state index < -0.39 is 11.7 Å². The normalized spacial score (nSPS) is 12.9. The quantitative estimate of drug-likeness (QED) is 0.657. The lowest BCUT2D eigenvalue weighted by Crippen LogP contribution is -2.10. The van der Waals surface area contributed by atoms with Gasteiger partial charge in [-0.15, -0.1) is 0 Å². The smallest absolute Gasteiger partial charge is 0.387 e. The summed E-state index contributed by atoms with van der Waals surface area (Å²) in [7, 11) is 0. The lowest BCUT2D eigenvalue weighted by molar-refractivity contribution is -0.137. The molecule has 2 N–H and O–H groups in total. The lowest BCUT2D eigenvalue weighted by Gasteiger charge is -2.08. The average Bonchev–Trinajstić information content (AvgIpc) is 2.20. The number of hydrogen-bond acceptors (Lipinski definition) is 1. The van der Waals surface area contributed by atoms with E-state index in [4.69, 9.17) is 5.73 Å². The van der Waals surface area contributed by atoms with Gasteiger partial charge in [-0.3, -0.25) is 0 Å². The number of nitrogens with zero attached hydrogens (tertiary/aromatic N) is 1. The minimum Gasteiger partial charge on any atom is -0.387 e. The summed E-state index contributed by atoms with van der Waals surface area (Å²) in [5.41, 5.74) is 5.06. The van der Waals surface area contributed by atoms with Crippen LogP contribution >= 0.6 is 15.9 Å². The third-order valence-electron chi connectivity index (χ3n) is 2.04. The molecule has 0 atom stereocenters. The number of alkyl halides is 3. The molecule has 0 fully saturated rings. The monoisotopic (exact) mass is 308 g/mol. The van der Waals surface area contributed by atoms with E-state index in [1.54, 1.807) is 0 Å². The molecule has 1 aromatic rings. The number of halogens is 4. The molecule has 0 radical (unpaired) electrons. The van der Waals surface area contributed by atoms with Crippen molar-refractivity contribution in [2.45, 2.75) is 25.9 Å². The molecule has 0 aromatic heterocycles. The molecule has 0 aliphatic heterocycles. The summed E-state index contributed by atoms with van der Waals surface area (Å²) in [6.45, 7) is 1.92. The Kier molecular flexibility index (Phi) is 4.56. The van der Waals surface area contributed by atoms with E-state index in [1.165, 1.54) is 6.07 Å². The molecular weight excluding hydrogens is 297 g/mol. The molecule has 0 aliphatic rings. The second-order valence-electron chi connectivity index (χ2n) is 3.52. The number of nitrogens with two attached hydrogens (primary N) is 1. The van der Waals surface area contributed by atoms with Gasteiger partial charge in [-0.1, -0.05) is 6.92 Å². The maximum atomic E-state index is 12.5. The number of benzene rings is 1. The van der Waals surface area contributed by atoms with Gasteiger partial charge in [0.15, 0.2) is 0 Å². The number of amidine groups is 1. The maximum Gasteiger partial charge on any atom is 0.416 e. The first kappa shape index (κ1) is 14.0. The molecule has 0 aliphatic carbocycles. The van der Waals surface area contributed by atoms with Gasteiger partial charge < -0.3 is 5.73 Å². The van der Waals surface area contributed by atoms with Crippen molar-refractivity contribution < 1.29 is 13.2 Å². The molecule has 0 amide bonds. The molecule has 1 rings (SSSR count). The van der Waals surface area contributed by atoms with Crippen molar-refractivity contribution in [2.24, 2.45) is 10.7 Å². The Labute approximate surface area is 106 Å². The van der Waals surface area contributed by atoms with E-state index in [0.29, 0.717) is 16.7 Å². The summed E-state index contributed by atoms with van der Waals surface area (Å²) in [6.07, 6.45) is -3.01. The second-order valence-corrected chi connectivity index (χ2v) is 4.37. The highest BCUT2D eigenvalue weighted by molar-refractivity contribution is 9.10. The van der Waals surface area contributed by atoms with Crippen molar-refractivity contribution in [1.29, 1.82) is 0 Å². The fourth-order valence-corrected chi connectivity index (χ4v) is 1.58. The van der Waals surface area contributed by atoms with Gasteiger partial charge in [0.1, 0.15) is 0 Å². The molecule has 2 nitrogen and oxygen atoms in total. The Bertz CT molecular complexity index is 427. The summed E-state index contributed by atoms with van der Waals surface area (Å²) < 4.78 is 38.0. The predicted molar refractivity (Wildman–Crippen MR) is 65.3 cm³/mol. The van der Waals surface area contributed by atoms with E-state index in [9.17, 15) is 13.2 Å². The van der Waals surface area contributed by atoms with E-state index >= 15 is 0 Å². The van der Waals surface area contributed by atoms with Crippen LogP contribution in [-0.4, -0.2) is 5.84 Å². The lowest BCUT2D eigenvalue weighted by atomic mass is 10.2. The van der Waals surface area contributed by atoms with Crippen LogP contribution in [0.3, 0.4) is 0 Å². The summed E-state index contributed by atoms with van der Waals surface area (Å²) in [4.78, 5) is 3.97. The molecule has 0 heterocycles. The van der Waals surface area contributed by atoms with Crippen molar-refractivity contribution in [2.75, 3.05) is 0 Å². The van der Waals surface area contributed by atoms with Gasteiger partial charge in [0.2, 0.25) is 0 Å². The molecule has 1 aromatic carbocycles. The largest absolute Gasteiger partial charge is 0.416 e. The van der Waals surface area contributed by atoms with Crippen LogP contribution in [0.4, 0.5) is 18.9 Å². The van der Waals surface area contributed by atoms with E-state index in [-0.39, 0.29) is 5.69 Å². The van der Waals surface area contributed by atoms with E-state index in [0.717, 1.165) is 18.6 Å². The Balaban J connectivity index is 3.11. The van der Waals surface area contributed by atoms with E-state index in [2.05, 4.69) is 20.9 Å². The zero-order valence-corrected chi connectivity index (χ0v) is 10.8. The van der Waals surface area contributed by atoms with Crippen LogP contribution in [0.2, 0.25) is 0 Å². The summed E-state index contributed by atoms with van der Waals surface area (Å²) in [5, 5.41) is 0. The van der Waals surface area contributed by atoms with Crippen molar-refractivity contribution >= 4 is 27.5 Å². The van der Waals surface area contributed by atoms with Crippen molar-refractivity contribution in [3.8, 4) is 0 Å².